The topological polar surface area (TPSA) is 30.5 Å². The van der Waals surface area contributed by atoms with E-state index in [0.29, 0.717) is 0 Å². The zero-order valence-corrected chi connectivity index (χ0v) is 10.3. The third-order valence-corrected chi connectivity index (χ3v) is 2.63. The van der Waals surface area contributed by atoms with Crippen LogP contribution in [0.1, 0.15) is 19.8 Å². The normalized spacial score (nSPS) is 13.9. The Labute approximate surface area is 102 Å². The fourth-order valence-corrected chi connectivity index (χ4v) is 1.69. The predicted molar refractivity (Wildman–Crippen MR) is 70.0 cm³/mol. The summed E-state index contributed by atoms with van der Waals surface area (Å²) in [6, 6.07) is 5.98. The third-order valence-electron chi connectivity index (χ3n) is 2.63. The number of anilines is 1. The summed E-state index contributed by atoms with van der Waals surface area (Å²) in [4.78, 5) is 0. The highest BCUT2D eigenvalue weighted by atomic mass is 16.5. The molecule has 1 N–H and O–H groups in total. The van der Waals surface area contributed by atoms with Crippen LogP contribution < -0.4 is 14.8 Å². The monoisotopic (exact) mass is 233 g/mol. The van der Waals surface area contributed by atoms with Crippen molar-refractivity contribution < 1.29 is 9.47 Å². The van der Waals surface area contributed by atoms with E-state index in [4.69, 9.17) is 9.47 Å². The molecule has 92 valence electrons. The Balaban J connectivity index is 1.99. The van der Waals surface area contributed by atoms with Gasteiger partial charge in [0.2, 0.25) is 0 Å². The van der Waals surface area contributed by atoms with Crippen LogP contribution in [0.5, 0.6) is 11.5 Å². The number of hydrogen-bond acceptors (Lipinski definition) is 3. The van der Waals surface area contributed by atoms with E-state index in [9.17, 15) is 0 Å². The molecule has 1 aromatic rings. The van der Waals surface area contributed by atoms with Gasteiger partial charge in [-0.05, 0) is 25.5 Å². The van der Waals surface area contributed by atoms with Crippen molar-refractivity contribution in [1.82, 2.24) is 0 Å². The summed E-state index contributed by atoms with van der Waals surface area (Å²) in [6.07, 6.45) is 1.92. The van der Waals surface area contributed by atoms with Crippen LogP contribution in [0.2, 0.25) is 0 Å². The van der Waals surface area contributed by atoms with Crippen molar-refractivity contribution in [3.05, 3.63) is 30.4 Å². The average molecular weight is 233 g/mol. The van der Waals surface area contributed by atoms with Gasteiger partial charge in [0.15, 0.2) is 11.5 Å². The summed E-state index contributed by atoms with van der Waals surface area (Å²) in [7, 11) is 0. The highest BCUT2D eigenvalue weighted by Crippen LogP contribution is 2.32. The van der Waals surface area contributed by atoms with Crippen LogP contribution >= 0.6 is 0 Å². The number of fused-ring (bicyclic) bond motifs is 1. The molecule has 0 saturated heterocycles. The highest BCUT2D eigenvalue weighted by Gasteiger charge is 2.10. The summed E-state index contributed by atoms with van der Waals surface area (Å²) < 4.78 is 11.2. The molecule has 0 aromatic heterocycles. The fourth-order valence-electron chi connectivity index (χ4n) is 1.69. The van der Waals surface area contributed by atoms with Crippen molar-refractivity contribution in [3.63, 3.8) is 0 Å². The average Bonchev–Trinajstić information content (AvgIpc) is 2.53. The zero-order valence-electron chi connectivity index (χ0n) is 10.3. The molecule has 3 heteroatoms. The molecular weight excluding hydrogens is 214 g/mol. The molecule has 0 fully saturated rings. The quantitative estimate of drug-likeness (QED) is 0.810. The predicted octanol–water partition coefficient (Wildman–Crippen LogP) is 3.23. The molecule has 1 aliphatic heterocycles. The molecule has 1 heterocycles. The molecule has 1 aliphatic rings. The number of nitrogens with one attached hydrogen (secondary N) is 1. The SMILES string of the molecule is C=C(C)CCNc1ccc2c(c1)OCCCO2. The summed E-state index contributed by atoms with van der Waals surface area (Å²) >= 11 is 0. The third kappa shape index (κ3) is 3.41. The second-order valence-corrected chi connectivity index (χ2v) is 4.35. The molecule has 0 atom stereocenters. The van der Waals surface area contributed by atoms with E-state index >= 15 is 0 Å². The Morgan fingerprint density at radius 1 is 1.29 bits per heavy atom. The smallest absolute Gasteiger partial charge is 0.163 e. The first-order chi connectivity index (χ1) is 8.25. The molecule has 2 rings (SSSR count). The summed E-state index contributed by atoms with van der Waals surface area (Å²) in [5, 5.41) is 3.35. The first kappa shape index (κ1) is 11.8. The van der Waals surface area contributed by atoms with E-state index in [2.05, 4.69) is 11.9 Å². The van der Waals surface area contributed by atoms with Crippen LogP contribution in [0.15, 0.2) is 30.4 Å². The van der Waals surface area contributed by atoms with E-state index in [1.165, 1.54) is 5.57 Å². The van der Waals surface area contributed by atoms with Crippen molar-refractivity contribution in [2.24, 2.45) is 0 Å². The van der Waals surface area contributed by atoms with Gasteiger partial charge in [0.1, 0.15) is 0 Å². The minimum atomic E-state index is 0.724. The second-order valence-electron chi connectivity index (χ2n) is 4.35. The summed E-state index contributed by atoms with van der Waals surface area (Å²) in [5.41, 5.74) is 2.25. The van der Waals surface area contributed by atoms with Crippen LogP contribution in [0.4, 0.5) is 5.69 Å². The molecule has 0 amide bonds. The Kier molecular flexibility index (Phi) is 3.91. The summed E-state index contributed by atoms with van der Waals surface area (Å²) in [5.74, 6) is 1.68. The summed E-state index contributed by atoms with van der Waals surface area (Å²) in [6.45, 7) is 8.28. The Hall–Kier alpha value is -1.64. The Bertz CT molecular complexity index is 401. The largest absolute Gasteiger partial charge is 0.490 e. The maximum absolute atomic E-state index is 5.63. The molecule has 0 saturated carbocycles. The van der Waals surface area contributed by atoms with Gasteiger partial charge in [0.25, 0.3) is 0 Å². The Morgan fingerprint density at radius 2 is 2.06 bits per heavy atom. The van der Waals surface area contributed by atoms with Crippen molar-refractivity contribution in [1.29, 1.82) is 0 Å². The van der Waals surface area contributed by atoms with E-state index in [-0.39, 0.29) is 0 Å². The maximum atomic E-state index is 5.63. The lowest BCUT2D eigenvalue weighted by Gasteiger charge is -2.11. The van der Waals surface area contributed by atoms with Gasteiger partial charge in [-0.15, -0.1) is 6.58 Å². The van der Waals surface area contributed by atoms with Gasteiger partial charge in [-0.1, -0.05) is 5.57 Å². The maximum Gasteiger partial charge on any atom is 0.163 e. The fraction of sp³-hybridized carbons (Fsp3) is 0.429. The van der Waals surface area contributed by atoms with Crippen LogP contribution in [-0.4, -0.2) is 19.8 Å². The molecular formula is C14H19NO2. The van der Waals surface area contributed by atoms with Gasteiger partial charge >= 0.3 is 0 Å². The number of ether oxygens (including phenoxy) is 2. The lowest BCUT2D eigenvalue weighted by molar-refractivity contribution is 0.297. The molecule has 1 aromatic carbocycles. The molecule has 0 aliphatic carbocycles. The van der Waals surface area contributed by atoms with Gasteiger partial charge in [-0.25, -0.2) is 0 Å². The molecule has 0 bridgehead atoms. The molecule has 3 nitrogen and oxygen atoms in total. The van der Waals surface area contributed by atoms with Crippen LogP contribution in [0.3, 0.4) is 0 Å². The number of hydrogen-bond donors (Lipinski definition) is 1. The molecule has 17 heavy (non-hydrogen) atoms. The van der Waals surface area contributed by atoms with Gasteiger partial charge < -0.3 is 14.8 Å². The van der Waals surface area contributed by atoms with E-state index in [1.807, 2.05) is 25.1 Å². The Morgan fingerprint density at radius 3 is 2.82 bits per heavy atom. The standard InChI is InChI=1S/C14H19NO2/c1-11(2)6-7-15-12-4-5-13-14(10-12)17-9-3-8-16-13/h4-5,10,15H,1,3,6-9H2,2H3. The van der Waals surface area contributed by atoms with Crippen molar-refractivity contribution in [3.8, 4) is 11.5 Å². The van der Waals surface area contributed by atoms with Crippen molar-refractivity contribution in [2.45, 2.75) is 19.8 Å². The van der Waals surface area contributed by atoms with Gasteiger partial charge in [0, 0.05) is 24.7 Å². The van der Waals surface area contributed by atoms with Crippen molar-refractivity contribution in [2.75, 3.05) is 25.1 Å². The van der Waals surface area contributed by atoms with Gasteiger partial charge in [0.05, 0.1) is 13.2 Å². The van der Waals surface area contributed by atoms with Crippen LogP contribution in [-0.2, 0) is 0 Å². The minimum absolute atomic E-state index is 0.724. The lowest BCUT2D eigenvalue weighted by atomic mass is 10.2. The molecule has 0 spiro atoms. The van der Waals surface area contributed by atoms with E-state index < -0.39 is 0 Å². The second kappa shape index (κ2) is 5.62. The van der Waals surface area contributed by atoms with Crippen LogP contribution in [0.25, 0.3) is 0 Å². The molecule has 0 radical (unpaired) electrons. The zero-order chi connectivity index (χ0) is 12.1. The number of benzene rings is 1. The van der Waals surface area contributed by atoms with Gasteiger partial charge in [-0.3, -0.25) is 0 Å². The van der Waals surface area contributed by atoms with Crippen molar-refractivity contribution >= 4 is 5.69 Å². The van der Waals surface area contributed by atoms with E-state index in [0.717, 1.165) is 49.8 Å². The van der Waals surface area contributed by atoms with E-state index in [1.54, 1.807) is 0 Å². The molecule has 0 unspecified atom stereocenters. The first-order valence-corrected chi connectivity index (χ1v) is 6.03. The van der Waals surface area contributed by atoms with Gasteiger partial charge in [-0.2, -0.15) is 0 Å². The lowest BCUT2D eigenvalue weighted by Crippen LogP contribution is -2.02. The minimum Gasteiger partial charge on any atom is -0.490 e. The number of rotatable bonds is 4. The van der Waals surface area contributed by atoms with Crippen LogP contribution in [0, 0.1) is 0 Å². The first-order valence-electron chi connectivity index (χ1n) is 6.03. The highest BCUT2D eigenvalue weighted by molar-refractivity contribution is 5.55.